The van der Waals surface area contributed by atoms with Gasteiger partial charge in [-0.15, -0.1) is 0 Å². The fourth-order valence-corrected chi connectivity index (χ4v) is 4.89. The van der Waals surface area contributed by atoms with Crippen molar-refractivity contribution in [3.8, 4) is 0 Å². The van der Waals surface area contributed by atoms with E-state index in [1.165, 1.54) is 22.0 Å². The normalized spacial score (nSPS) is 40.1. The largest absolute Gasteiger partial charge is 0.388 e. The maximum Gasteiger partial charge on any atom is 0.0854 e. The van der Waals surface area contributed by atoms with E-state index in [-0.39, 0.29) is 21.8 Å². The molecule has 0 aromatic heterocycles. The molecule has 18 heavy (non-hydrogen) atoms. The Morgan fingerprint density at radius 3 is 2.50 bits per heavy atom. The fourth-order valence-electron chi connectivity index (χ4n) is 3.63. The quantitative estimate of drug-likeness (QED) is 0.468. The highest BCUT2D eigenvalue weighted by Crippen LogP contribution is 2.61. The number of aliphatic hydroxyl groups is 1. The van der Waals surface area contributed by atoms with Crippen molar-refractivity contribution >= 4 is 31.9 Å². The second-order valence-corrected chi connectivity index (χ2v) is 8.35. The van der Waals surface area contributed by atoms with Crippen molar-refractivity contribution in [1.82, 2.24) is 0 Å². The van der Waals surface area contributed by atoms with E-state index in [2.05, 4.69) is 59.6 Å². The molecule has 0 amide bonds. The van der Waals surface area contributed by atoms with Crippen LogP contribution in [0, 0.1) is 10.8 Å². The van der Waals surface area contributed by atoms with Crippen LogP contribution in [0.3, 0.4) is 0 Å². The van der Waals surface area contributed by atoms with Crippen LogP contribution in [-0.4, -0.2) is 16.0 Å². The third-order valence-electron chi connectivity index (χ3n) is 5.25. The van der Waals surface area contributed by atoms with E-state index in [1.54, 1.807) is 0 Å². The van der Waals surface area contributed by atoms with E-state index >= 15 is 0 Å². The molecule has 0 heterocycles. The van der Waals surface area contributed by atoms with Crippen molar-refractivity contribution in [2.75, 3.05) is 0 Å². The minimum atomic E-state index is -0.378. The zero-order chi connectivity index (χ0) is 13.7. The number of alkyl halides is 1. The van der Waals surface area contributed by atoms with Crippen LogP contribution in [0.1, 0.15) is 47.0 Å². The van der Waals surface area contributed by atoms with Gasteiger partial charge in [-0.05, 0) is 43.0 Å². The predicted molar refractivity (Wildman–Crippen MR) is 84.2 cm³/mol. The van der Waals surface area contributed by atoms with Crippen LogP contribution in [-0.2, 0) is 0 Å². The zero-order valence-corrected chi connectivity index (χ0v) is 14.7. The van der Waals surface area contributed by atoms with E-state index < -0.39 is 0 Å². The first-order chi connectivity index (χ1) is 8.22. The Morgan fingerprint density at radius 2 is 1.94 bits per heavy atom. The molecule has 3 atom stereocenters. The summed E-state index contributed by atoms with van der Waals surface area (Å²) in [5.41, 5.74) is 3.03. The van der Waals surface area contributed by atoms with Gasteiger partial charge in [-0.1, -0.05) is 62.9 Å². The predicted octanol–water partition coefficient (Wildman–Crippen LogP) is 4.94. The van der Waals surface area contributed by atoms with E-state index in [9.17, 15) is 5.11 Å². The lowest BCUT2D eigenvalue weighted by Crippen LogP contribution is -2.52. The molecule has 1 N–H and O–H groups in total. The molecule has 102 valence electrons. The summed E-state index contributed by atoms with van der Waals surface area (Å²) in [5.74, 6) is 0. The second-order valence-electron chi connectivity index (χ2n) is 6.41. The molecule has 2 rings (SSSR count). The van der Waals surface area contributed by atoms with Gasteiger partial charge in [-0.2, -0.15) is 0 Å². The highest BCUT2D eigenvalue weighted by Gasteiger charge is 2.54. The molecule has 2 aliphatic carbocycles. The van der Waals surface area contributed by atoms with E-state index in [0.29, 0.717) is 0 Å². The van der Waals surface area contributed by atoms with Crippen molar-refractivity contribution in [2.24, 2.45) is 10.8 Å². The number of allylic oxidation sites excluding steroid dienone is 3. The first-order valence-corrected chi connectivity index (χ1v) is 8.28. The molecule has 0 saturated carbocycles. The Balaban J connectivity index is 2.52. The van der Waals surface area contributed by atoms with Gasteiger partial charge in [0.25, 0.3) is 0 Å². The van der Waals surface area contributed by atoms with Crippen LogP contribution in [0.5, 0.6) is 0 Å². The van der Waals surface area contributed by atoms with Crippen molar-refractivity contribution in [3.05, 3.63) is 21.7 Å². The molecule has 0 unspecified atom stereocenters. The van der Waals surface area contributed by atoms with Gasteiger partial charge in [-0.25, -0.2) is 0 Å². The molecular weight excluding hydrogens is 356 g/mol. The van der Waals surface area contributed by atoms with Gasteiger partial charge in [0.15, 0.2) is 0 Å². The average molecular weight is 378 g/mol. The van der Waals surface area contributed by atoms with Gasteiger partial charge in [-0.3, -0.25) is 0 Å². The summed E-state index contributed by atoms with van der Waals surface area (Å²) in [6, 6.07) is 0. The van der Waals surface area contributed by atoms with Crippen molar-refractivity contribution in [2.45, 2.75) is 57.9 Å². The number of halogens is 2. The summed E-state index contributed by atoms with van der Waals surface area (Å²) >= 11 is 7.48. The van der Waals surface area contributed by atoms with Crippen LogP contribution >= 0.6 is 31.9 Å². The number of aliphatic hydroxyl groups excluding tert-OH is 1. The third-order valence-corrected chi connectivity index (χ3v) is 7.89. The molecule has 0 aromatic carbocycles. The van der Waals surface area contributed by atoms with Gasteiger partial charge >= 0.3 is 0 Å². The Kier molecular flexibility index (Phi) is 3.90. The molecule has 0 saturated heterocycles. The first kappa shape index (κ1) is 14.8. The maximum absolute atomic E-state index is 10.2. The van der Waals surface area contributed by atoms with Gasteiger partial charge in [0.2, 0.25) is 0 Å². The standard InChI is InChI=1S/C15H22Br2O/c1-9-5-6-15(8-11(9)16)10(2)7-12(18)13(17)14(15,3)4/h7,12-13,18H,5-6,8H2,1-4H3/t12-,13+,15-/m0/s1. The summed E-state index contributed by atoms with van der Waals surface area (Å²) in [4.78, 5) is 0.118. The minimum Gasteiger partial charge on any atom is -0.388 e. The zero-order valence-electron chi connectivity index (χ0n) is 11.6. The highest BCUT2D eigenvalue weighted by molar-refractivity contribution is 9.11. The Bertz CT molecular complexity index is 422. The van der Waals surface area contributed by atoms with Crippen LogP contribution in [0.25, 0.3) is 0 Å². The third kappa shape index (κ3) is 1.97. The van der Waals surface area contributed by atoms with Crippen LogP contribution in [0.2, 0.25) is 0 Å². The molecule has 0 aliphatic heterocycles. The summed E-state index contributed by atoms with van der Waals surface area (Å²) in [6.07, 6.45) is 5.05. The van der Waals surface area contributed by atoms with Gasteiger partial charge < -0.3 is 5.11 Å². The van der Waals surface area contributed by atoms with E-state index in [4.69, 9.17) is 0 Å². The van der Waals surface area contributed by atoms with E-state index in [1.807, 2.05) is 6.08 Å². The molecule has 1 spiro atoms. The smallest absolute Gasteiger partial charge is 0.0854 e. The average Bonchev–Trinajstić information content (AvgIpc) is 2.29. The number of hydrogen-bond acceptors (Lipinski definition) is 1. The highest BCUT2D eigenvalue weighted by atomic mass is 79.9. The van der Waals surface area contributed by atoms with Crippen LogP contribution in [0.4, 0.5) is 0 Å². The van der Waals surface area contributed by atoms with Crippen LogP contribution in [0.15, 0.2) is 21.7 Å². The summed E-state index contributed by atoms with van der Waals surface area (Å²) in [7, 11) is 0. The van der Waals surface area contributed by atoms with Crippen molar-refractivity contribution in [3.63, 3.8) is 0 Å². The lowest BCUT2D eigenvalue weighted by molar-refractivity contribution is 0.0350. The summed E-state index contributed by atoms with van der Waals surface area (Å²) in [6.45, 7) is 8.97. The Hall–Kier alpha value is 0.400. The van der Waals surface area contributed by atoms with Crippen LogP contribution < -0.4 is 0 Å². The second kappa shape index (κ2) is 4.75. The topological polar surface area (TPSA) is 20.2 Å². The lowest BCUT2D eigenvalue weighted by Gasteiger charge is -2.56. The van der Waals surface area contributed by atoms with Crippen molar-refractivity contribution < 1.29 is 5.11 Å². The lowest BCUT2D eigenvalue weighted by atomic mass is 9.52. The molecule has 3 heteroatoms. The number of hydrogen-bond donors (Lipinski definition) is 1. The van der Waals surface area contributed by atoms with E-state index in [0.717, 1.165) is 12.8 Å². The van der Waals surface area contributed by atoms with Crippen molar-refractivity contribution in [1.29, 1.82) is 0 Å². The summed E-state index contributed by atoms with van der Waals surface area (Å²) in [5, 5.41) is 10.2. The monoisotopic (exact) mass is 376 g/mol. The molecule has 0 fully saturated rings. The number of rotatable bonds is 0. The molecule has 0 bridgehead atoms. The molecule has 0 aromatic rings. The molecule has 1 nitrogen and oxygen atoms in total. The SMILES string of the molecule is CC1=C[C@H](O)[C@@H](Br)C(C)(C)[C@]12CCC(C)=C(Br)C2. The molecule has 0 radical (unpaired) electrons. The Labute approximate surface area is 127 Å². The summed E-state index contributed by atoms with van der Waals surface area (Å²) < 4.78 is 1.35. The van der Waals surface area contributed by atoms with Gasteiger partial charge in [0.05, 0.1) is 10.9 Å². The first-order valence-electron chi connectivity index (χ1n) is 6.57. The maximum atomic E-state index is 10.2. The molecule has 2 aliphatic rings. The van der Waals surface area contributed by atoms with Gasteiger partial charge in [0, 0.05) is 5.41 Å². The minimum absolute atomic E-state index is 0.0466. The Morgan fingerprint density at radius 1 is 1.33 bits per heavy atom. The molecular formula is C15H22Br2O. The van der Waals surface area contributed by atoms with Gasteiger partial charge in [0.1, 0.15) is 0 Å². The fraction of sp³-hybridized carbons (Fsp3) is 0.733.